The first-order valence-electron chi connectivity index (χ1n) is 5.03. The Labute approximate surface area is 101 Å². The van der Waals surface area contributed by atoms with Gasteiger partial charge in [0.2, 0.25) is 0 Å². The van der Waals surface area contributed by atoms with Crippen LogP contribution in [-0.4, -0.2) is 17.6 Å². The number of hydrogen-bond acceptors (Lipinski definition) is 2. The van der Waals surface area contributed by atoms with Crippen molar-refractivity contribution in [3.05, 3.63) is 28.2 Å². The summed E-state index contributed by atoms with van der Waals surface area (Å²) in [5, 5.41) is 11.9. The lowest BCUT2D eigenvalue weighted by Gasteiger charge is -2.08. The molecular formula is C11H12BrF2NO. The summed E-state index contributed by atoms with van der Waals surface area (Å²) in [5.41, 5.74) is 1.50. The van der Waals surface area contributed by atoms with E-state index in [1.165, 1.54) is 0 Å². The van der Waals surface area contributed by atoms with Crippen molar-refractivity contribution >= 4 is 21.6 Å². The van der Waals surface area contributed by atoms with Gasteiger partial charge in [0, 0.05) is 29.0 Å². The molecule has 2 N–H and O–H groups in total. The van der Waals surface area contributed by atoms with Crippen molar-refractivity contribution in [3.63, 3.8) is 0 Å². The summed E-state index contributed by atoms with van der Waals surface area (Å²) in [6.07, 6.45) is -0.0269. The van der Waals surface area contributed by atoms with Gasteiger partial charge < -0.3 is 10.4 Å². The second-order valence-corrected chi connectivity index (χ2v) is 4.96. The molecule has 0 saturated heterocycles. The van der Waals surface area contributed by atoms with Crippen molar-refractivity contribution in [2.75, 3.05) is 11.9 Å². The molecule has 2 nitrogen and oxygen atoms in total. The quantitative estimate of drug-likeness (QED) is 0.894. The Morgan fingerprint density at radius 1 is 1.44 bits per heavy atom. The van der Waals surface area contributed by atoms with Gasteiger partial charge in [0.15, 0.2) is 0 Å². The van der Waals surface area contributed by atoms with Gasteiger partial charge in [0.1, 0.15) is 0 Å². The highest BCUT2D eigenvalue weighted by Crippen LogP contribution is 2.48. The number of alkyl halides is 2. The van der Waals surface area contributed by atoms with E-state index >= 15 is 0 Å². The minimum Gasteiger partial charge on any atom is -0.392 e. The second kappa shape index (κ2) is 4.30. The zero-order valence-electron chi connectivity index (χ0n) is 8.51. The summed E-state index contributed by atoms with van der Waals surface area (Å²) < 4.78 is 26.1. The number of anilines is 1. The lowest BCUT2D eigenvalue weighted by Crippen LogP contribution is -2.08. The van der Waals surface area contributed by atoms with Crippen LogP contribution in [0.2, 0.25) is 0 Å². The maximum Gasteiger partial charge on any atom is 0.253 e. The summed E-state index contributed by atoms with van der Waals surface area (Å²) >= 11 is 3.30. The van der Waals surface area contributed by atoms with E-state index in [1.807, 2.05) is 0 Å². The molecule has 1 aliphatic carbocycles. The summed E-state index contributed by atoms with van der Waals surface area (Å²) in [6.45, 7) is 0.210. The summed E-state index contributed by atoms with van der Waals surface area (Å²) in [7, 11) is 0. The third-order valence-electron chi connectivity index (χ3n) is 2.65. The maximum atomic E-state index is 12.6. The molecule has 88 valence electrons. The minimum absolute atomic E-state index is 0.0269. The number of halogens is 3. The van der Waals surface area contributed by atoms with E-state index < -0.39 is 11.8 Å². The van der Waals surface area contributed by atoms with Crippen molar-refractivity contribution in [2.45, 2.75) is 19.0 Å². The Morgan fingerprint density at radius 2 is 2.12 bits per heavy atom. The van der Waals surface area contributed by atoms with Gasteiger partial charge >= 0.3 is 0 Å². The third kappa shape index (κ3) is 2.71. The molecule has 0 aliphatic heterocycles. The van der Waals surface area contributed by atoms with E-state index in [1.54, 1.807) is 18.2 Å². The molecule has 0 spiro atoms. The number of hydrogen-bond donors (Lipinski definition) is 2. The molecule has 2 rings (SSSR count). The Hall–Kier alpha value is -0.680. The third-order valence-corrected chi connectivity index (χ3v) is 3.11. The molecule has 0 amide bonds. The molecule has 0 bridgehead atoms. The zero-order valence-corrected chi connectivity index (χ0v) is 10.1. The first kappa shape index (κ1) is 11.8. The van der Waals surface area contributed by atoms with E-state index in [2.05, 4.69) is 21.2 Å². The molecule has 1 aromatic carbocycles. The molecule has 1 aromatic rings. The average molecular weight is 292 g/mol. The fourth-order valence-electron chi connectivity index (χ4n) is 1.58. The normalized spacial score (nSPS) is 21.9. The molecule has 5 heteroatoms. The van der Waals surface area contributed by atoms with E-state index in [0.717, 1.165) is 15.7 Å². The minimum atomic E-state index is -2.49. The fraction of sp³-hybridized carbons (Fsp3) is 0.455. The van der Waals surface area contributed by atoms with Crippen LogP contribution in [0.1, 0.15) is 12.0 Å². The van der Waals surface area contributed by atoms with Crippen LogP contribution in [-0.2, 0) is 6.61 Å². The first-order chi connectivity index (χ1) is 7.51. The number of benzene rings is 1. The number of aliphatic hydroxyl groups excluding tert-OH is 1. The van der Waals surface area contributed by atoms with Crippen molar-refractivity contribution in [2.24, 2.45) is 5.92 Å². The molecule has 0 heterocycles. The Bertz CT molecular complexity index is 398. The second-order valence-electron chi connectivity index (χ2n) is 4.05. The highest BCUT2D eigenvalue weighted by Gasteiger charge is 2.56. The average Bonchev–Trinajstić information content (AvgIpc) is 2.83. The Morgan fingerprint density at radius 3 is 2.69 bits per heavy atom. The lowest BCUT2D eigenvalue weighted by molar-refractivity contribution is 0.101. The van der Waals surface area contributed by atoms with Gasteiger partial charge in [0.25, 0.3) is 5.92 Å². The van der Waals surface area contributed by atoms with E-state index in [4.69, 9.17) is 5.11 Å². The predicted molar refractivity (Wildman–Crippen MR) is 61.6 cm³/mol. The highest BCUT2D eigenvalue weighted by molar-refractivity contribution is 9.10. The van der Waals surface area contributed by atoms with Crippen molar-refractivity contribution in [1.82, 2.24) is 0 Å². The van der Waals surface area contributed by atoms with Crippen LogP contribution in [0, 0.1) is 5.92 Å². The lowest BCUT2D eigenvalue weighted by atomic mass is 10.2. The SMILES string of the molecule is OCc1cc(Br)cc(NC[C@@H]2CC2(F)F)c1. The molecule has 1 saturated carbocycles. The largest absolute Gasteiger partial charge is 0.392 e. The smallest absolute Gasteiger partial charge is 0.253 e. The Kier molecular flexibility index (Phi) is 3.17. The molecule has 1 atom stereocenters. The molecule has 16 heavy (non-hydrogen) atoms. The molecule has 0 radical (unpaired) electrons. The molecule has 0 aromatic heterocycles. The van der Waals surface area contributed by atoms with Gasteiger partial charge in [0.05, 0.1) is 6.61 Å². The van der Waals surface area contributed by atoms with Gasteiger partial charge in [-0.25, -0.2) is 8.78 Å². The van der Waals surface area contributed by atoms with E-state index in [-0.39, 0.29) is 19.6 Å². The van der Waals surface area contributed by atoms with Crippen LogP contribution in [0.3, 0.4) is 0 Å². The van der Waals surface area contributed by atoms with Crippen LogP contribution in [0.25, 0.3) is 0 Å². The van der Waals surface area contributed by atoms with Crippen LogP contribution < -0.4 is 5.32 Å². The van der Waals surface area contributed by atoms with Crippen molar-refractivity contribution < 1.29 is 13.9 Å². The first-order valence-corrected chi connectivity index (χ1v) is 5.82. The van der Waals surface area contributed by atoms with Gasteiger partial charge in [-0.1, -0.05) is 15.9 Å². The summed E-state index contributed by atoms with van der Waals surface area (Å²) in [5.74, 6) is -3.04. The van der Waals surface area contributed by atoms with E-state index in [9.17, 15) is 8.78 Å². The maximum absolute atomic E-state index is 12.6. The standard InChI is InChI=1S/C11H12BrF2NO/c12-9-1-7(6-16)2-10(3-9)15-5-8-4-11(8,13)14/h1-3,8,15-16H,4-6H2/t8-/m0/s1. The zero-order chi connectivity index (χ0) is 11.8. The molecule has 1 aliphatic rings. The van der Waals surface area contributed by atoms with Gasteiger partial charge in [-0.3, -0.25) is 0 Å². The van der Waals surface area contributed by atoms with Crippen LogP contribution in [0.4, 0.5) is 14.5 Å². The highest BCUT2D eigenvalue weighted by atomic mass is 79.9. The van der Waals surface area contributed by atoms with Gasteiger partial charge in [-0.2, -0.15) is 0 Å². The molecule has 1 fully saturated rings. The summed E-state index contributed by atoms with van der Waals surface area (Å²) in [4.78, 5) is 0. The Balaban J connectivity index is 1.96. The van der Waals surface area contributed by atoms with Crippen LogP contribution in [0.15, 0.2) is 22.7 Å². The molecule has 0 unspecified atom stereocenters. The van der Waals surface area contributed by atoms with E-state index in [0.29, 0.717) is 0 Å². The predicted octanol–water partition coefficient (Wildman–Crippen LogP) is 3.01. The number of rotatable bonds is 4. The van der Waals surface area contributed by atoms with Gasteiger partial charge in [-0.05, 0) is 23.8 Å². The van der Waals surface area contributed by atoms with Crippen molar-refractivity contribution in [3.8, 4) is 0 Å². The number of aliphatic hydroxyl groups is 1. The topological polar surface area (TPSA) is 32.3 Å². The monoisotopic (exact) mass is 291 g/mol. The van der Waals surface area contributed by atoms with Crippen molar-refractivity contribution in [1.29, 1.82) is 0 Å². The summed E-state index contributed by atoms with van der Waals surface area (Å²) in [6, 6.07) is 5.35. The van der Waals surface area contributed by atoms with Crippen LogP contribution in [0.5, 0.6) is 0 Å². The van der Waals surface area contributed by atoms with Gasteiger partial charge in [-0.15, -0.1) is 0 Å². The molecular weight excluding hydrogens is 280 g/mol. The van der Waals surface area contributed by atoms with Crippen LogP contribution >= 0.6 is 15.9 Å². The fourth-order valence-corrected chi connectivity index (χ4v) is 2.12. The number of nitrogens with one attached hydrogen (secondary N) is 1.